The van der Waals surface area contributed by atoms with Crippen LogP contribution in [0.4, 0.5) is 22.0 Å². The lowest BCUT2D eigenvalue weighted by Crippen LogP contribution is -2.06. The Hall–Kier alpha value is -1.06. The first-order chi connectivity index (χ1) is 9.41. The normalized spacial score (nSPS) is 10.9. The lowest BCUT2D eigenvalue weighted by atomic mass is 10.3. The van der Waals surface area contributed by atoms with Crippen LogP contribution in [0.3, 0.4) is 0 Å². The summed E-state index contributed by atoms with van der Waals surface area (Å²) in [7, 11) is 0. The van der Waals surface area contributed by atoms with Gasteiger partial charge in [0.25, 0.3) is 0 Å². The zero-order chi connectivity index (χ0) is 14.9. The van der Waals surface area contributed by atoms with Crippen molar-refractivity contribution >= 4 is 34.7 Å². The summed E-state index contributed by atoms with van der Waals surface area (Å²) in [6.45, 7) is 0. The maximum absolute atomic E-state index is 13.2. The molecule has 2 nitrogen and oxygen atoms in total. The third kappa shape index (κ3) is 2.99. The Labute approximate surface area is 122 Å². The molecule has 10 heteroatoms. The van der Waals surface area contributed by atoms with Gasteiger partial charge in [-0.1, -0.05) is 34.7 Å². The fourth-order valence-corrected chi connectivity index (χ4v) is 2.99. The van der Waals surface area contributed by atoms with Crippen LogP contribution in [0.2, 0.25) is 4.34 Å². The molecule has 1 heterocycles. The summed E-state index contributed by atoms with van der Waals surface area (Å²) in [5.74, 6) is -12.1. The van der Waals surface area contributed by atoms with E-state index in [1.165, 1.54) is 6.20 Å². The number of thioether (sulfide) groups is 1. The molecular formula is C10H3ClF5NOS2. The summed E-state index contributed by atoms with van der Waals surface area (Å²) in [5.41, 5.74) is 0. The van der Waals surface area contributed by atoms with E-state index >= 15 is 0 Å². The summed E-state index contributed by atoms with van der Waals surface area (Å²) in [6.07, 6.45) is 1.35. The number of nitrogens with zero attached hydrogens (tertiary/aromatic N) is 1. The van der Waals surface area contributed by atoms with Crippen molar-refractivity contribution in [3.05, 3.63) is 39.6 Å². The first-order valence-corrected chi connectivity index (χ1v) is 6.98. The van der Waals surface area contributed by atoms with E-state index in [2.05, 4.69) is 9.72 Å². The average Bonchev–Trinajstić information content (AvgIpc) is 2.84. The van der Waals surface area contributed by atoms with Gasteiger partial charge in [0.1, 0.15) is 10.3 Å². The Morgan fingerprint density at radius 3 is 2.10 bits per heavy atom. The highest BCUT2D eigenvalue weighted by molar-refractivity contribution is 8.00. The standard InChI is InChI=1S/C10H3ClF5NOS2/c11-3-1-17-10(20-3)19-2-18-9-7(15)5(13)4(12)6(14)8(9)16/h1H,2H2. The molecule has 0 spiro atoms. The van der Waals surface area contributed by atoms with Gasteiger partial charge in [-0.15, -0.1) is 0 Å². The first-order valence-electron chi connectivity index (χ1n) is 4.80. The SMILES string of the molecule is Fc1c(F)c(F)c(OCSc2ncc(Cl)s2)c(F)c1F. The second kappa shape index (κ2) is 6.15. The molecule has 1 aromatic carbocycles. The van der Waals surface area contributed by atoms with Gasteiger partial charge in [0.05, 0.1) is 6.20 Å². The number of benzene rings is 1. The molecule has 0 atom stereocenters. The van der Waals surface area contributed by atoms with Crippen LogP contribution in [-0.2, 0) is 0 Å². The van der Waals surface area contributed by atoms with Gasteiger partial charge in [-0.05, 0) is 0 Å². The van der Waals surface area contributed by atoms with Crippen molar-refractivity contribution in [1.29, 1.82) is 0 Å². The molecule has 2 aromatic rings. The summed E-state index contributed by atoms with van der Waals surface area (Å²) < 4.78 is 70.4. The molecule has 0 bridgehead atoms. The van der Waals surface area contributed by atoms with E-state index in [-0.39, 0.29) is 5.94 Å². The van der Waals surface area contributed by atoms with Gasteiger partial charge in [0.2, 0.25) is 29.1 Å². The maximum atomic E-state index is 13.2. The van der Waals surface area contributed by atoms with Crippen molar-refractivity contribution < 1.29 is 26.7 Å². The lowest BCUT2D eigenvalue weighted by molar-refractivity contribution is 0.301. The summed E-state index contributed by atoms with van der Waals surface area (Å²) in [4.78, 5) is 3.81. The molecule has 20 heavy (non-hydrogen) atoms. The Kier molecular flexibility index (Phi) is 4.71. The van der Waals surface area contributed by atoms with Gasteiger partial charge in [-0.3, -0.25) is 0 Å². The minimum absolute atomic E-state index is 0.387. The second-order valence-corrected chi connectivity index (χ2v) is 6.07. The summed E-state index contributed by atoms with van der Waals surface area (Å²) in [6, 6.07) is 0. The van der Waals surface area contributed by atoms with Gasteiger partial charge in [-0.2, -0.15) is 8.78 Å². The molecule has 0 fully saturated rings. The third-order valence-corrected chi connectivity index (χ3v) is 4.11. The number of thiazole rings is 1. The summed E-state index contributed by atoms with van der Waals surface area (Å²) in [5, 5.41) is 0. The van der Waals surface area contributed by atoms with Crippen LogP contribution in [0.25, 0.3) is 0 Å². The molecule has 108 valence electrons. The molecule has 0 N–H and O–H groups in total. The van der Waals surface area contributed by atoms with Crippen LogP contribution < -0.4 is 4.74 Å². The molecule has 2 rings (SSSR count). The van der Waals surface area contributed by atoms with Gasteiger partial charge >= 0.3 is 0 Å². The van der Waals surface area contributed by atoms with Crippen LogP contribution in [0, 0.1) is 29.1 Å². The highest BCUT2D eigenvalue weighted by Gasteiger charge is 2.27. The maximum Gasteiger partial charge on any atom is 0.207 e. The monoisotopic (exact) mass is 347 g/mol. The third-order valence-electron chi connectivity index (χ3n) is 2.01. The van der Waals surface area contributed by atoms with E-state index in [0.29, 0.717) is 8.68 Å². The molecule has 1 aromatic heterocycles. The van der Waals surface area contributed by atoms with Crippen LogP contribution in [0.15, 0.2) is 10.5 Å². The van der Waals surface area contributed by atoms with Crippen molar-refractivity contribution in [3.8, 4) is 5.75 Å². The smallest absolute Gasteiger partial charge is 0.207 e. The molecule has 0 aliphatic rings. The van der Waals surface area contributed by atoms with Gasteiger partial charge in [0.15, 0.2) is 10.1 Å². The largest absolute Gasteiger partial charge is 0.476 e. The molecule has 0 radical (unpaired) electrons. The van der Waals surface area contributed by atoms with Gasteiger partial charge in [-0.25, -0.2) is 18.2 Å². The van der Waals surface area contributed by atoms with E-state index in [9.17, 15) is 22.0 Å². The van der Waals surface area contributed by atoms with Gasteiger partial charge < -0.3 is 4.74 Å². The number of halogens is 6. The van der Waals surface area contributed by atoms with E-state index in [1.807, 2.05) is 0 Å². The van der Waals surface area contributed by atoms with Crippen molar-refractivity contribution in [2.75, 3.05) is 5.94 Å². The van der Waals surface area contributed by atoms with E-state index in [0.717, 1.165) is 23.1 Å². The molecule has 0 amide bonds. The van der Waals surface area contributed by atoms with Gasteiger partial charge in [0, 0.05) is 0 Å². The molecule has 0 aliphatic carbocycles. The zero-order valence-corrected chi connectivity index (χ0v) is 11.6. The quantitative estimate of drug-likeness (QED) is 0.265. The van der Waals surface area contributed by atoms with E-state index < -0.39 is 34.8 Å². The number of rotatable bonds is 4. The molecular weight excluding hydrogens is 345 g/mol. The Bertz CT molecular complexity index is 622. The van der Waals surface area contributed by atoms with Crippen molar-refractivity contribution in [1.82, 2.24) is 4.98 Å². The topological polar surface area (TPSA) is 22.1 Å². The predicted octanol–water partition coefficient (Wildman–Crippen LogP) is 4.62. The minimum Gasteiger partial charge on any atom is -0.476 e. The molecule has 0 unspecified atom stereocenters. The minimum atomic E-state index is -2.23. The van der Waals surface area contributed by atoms with Crippen molar-refractivity contribution in [2.45, 2.75) is 4.34 Å². The highest BCUT2D eigenvalue weighted by Crippen LogP contribution is 2.32. The van der Waals surface area contributed by atoms with E-state index in [4.69, 9.17) is 11.6 Å². The fourth-order valence-electron chi connectivity index (χ4n) is 1.16. The number of hydrogen-bond acceptors (Lipinski definition) is 4. The number of hydrogen-bond donors (Lipinski definition) is 0. The van der Waals surface area contributed by atoms with Crippen molar-refractivity contribution in [2.24, 2.45) is 0 Å². The fraction of sp³-hybridized carbons (Fsp3) is 0.100. The second-order valence-electron chi connectivity index (χ2n) is 3.24. The van der Waals surface area contributed by atoms with Crippen LogP contribution in [0.5, 0.6) is 5.75 Å². The highest BCUT2D eigenvalue weighted by atomic mass is 35.5. The van der Waals surface area contributed by atoms with Crippen molar-refractivity contribution in [3.63, 3.8) is 0 Å². The molecule has 0 saturated carbocycles. The van der Waals surface area contributed by atoms with Crippen LogP contribution in [0.1, 0.15) is 0 Å². The lowest BCUT2D eigenvalue weighted by Gasteiger charge is -2.09. The van der Waals surface area contributed by atoms with E-state index in [1.54, 1.807) is 0 Å². The molecule has 0 saturated heterocycles. The van der Waals surface area contributed by atoms with Crippen LogP contribution in [-0.4, -0.2) is 10.9 Å². The Balaban J connectivity index is 2.13. The Morgan fingerprint density at radius 2 is 1.60 bits per heavy atom. The Morgan fingerprint density at radius 1 is 1.05 bits per heavy atom. The predicted molar refractivity (Wildman–Crippen MR) is 64.7 cm³/mol. The average molecular weight is 348 g/mol. The zero-order valence-electron chi connectivity index (χ0n) is 9.22. The first kappa shape index (κ1) is 15.3. The number of ether oxygens (including phenoxy) is 1. The molecule has 0 aliphatic heterocycles. The van der Waals surface area contributed by atoms with Crippen LogP contribution >= 0.6 is 34.7 Å². The number of aromatic nitrogens is 1. The summed E-state index contributed by atoms with van der Waals surface area (Å²) >= 11 is 7.59.